The summed E-state index contributed by atoms with van der Waals surface area (Å²) in [7, 11) is 0. The van der Waals surface area contributed by atoms with E-state index in [-0.39, 0.29) is 29.1 Å². The highest BCUT2D eigenvalue weighted by atomic mass is 35.5. The van der Waals surface area contributed by atoms with E-state index in [1.54, 1.807) is 23.5 Å². The summed E-state index contributed by atoms with van der Waals surface area (Å²) in [6.45, 7) is 6.03. The van der Waals surface area contributed by atoms with Crippen LogP contribution in [0.2, 0.25) is 5.02 Å². The minimum Gasteiger partial charge on any atom is -0.506 e. The van der Waals surface area contributed by atoms with Gasteiger partial charge in [-0.25, -0.2) is 4.98 Å². The molecule has 118 valence electrons. The smallest absolute Gasteiger partial charge is 0.224 e. The fourth-order valence-corrected chi connectivity index (χ4v) is 3.34. The highest BCUT2D eigenvalue weighted by molar-refractivity contribution is 7.11. The lowest BCUT2D eigenvalue weighted by atomic mass is 10.1. The van der Waals surface area contributed by atoms with E-state index in [1.165, 1.54) is 10.9 Å². The lowest BCUT2D eigenvalue weighted by Gasteiger charge is -2.14. The second kappa shape index (κ2) is 7.11. The largest absolute Gasteiger partial charge is 0.506 e. The van der Waals surface area contributed by atoms with Gasteiger partial charge in [-0.2, -0.15) is 0 Å². The Hall–Kier alpha value is -1.59. The van der Waals surface area contributed by atoms with Crippen molar-refractivity contribution < 1.29 is 9.90 Å². The molecule has 1 amide bonds. The number of nitrogens with one attached hydrogen (secondary N) is 1. The van der Waals surface area contributed by atoms with E-state index >= 15 is 0 Å². The van der Waals surface area contributed by atoms with E-state index in [9.17, 15) is 9.90 Å². The van der Waals surface area contributed by atoms with Gasteiger partial charge in [-0.15, -0.1) is 11.3 Å². The van der Waals surface area contributed by atoms with Crippen molar-refractivity contribution in [3.05, 3.63) is 44.4 Å². The molecule has 0 spiro atoms. The minimum atomic E-state index is -0.0842. The zero-order valence-corrected chi connectivity index (χ0v) is 14.4. The zero-order chi connectivity index (χ0) is 16.3. The van der Waals surface area contributed by atoms with Gasteiger partial charge in [-0.3, -0.25) is 4.79 Å². The van der Waals surface area contributed by atoms with Crippen LogP contribution in [0.1, 0.15) is 40.5 Å². The number of aromatic hydroxyl groups is 1. The molecule has 0 aliphatic rings. The first-order chi connectivity index (χ1) is 10.4. The summed E-state index contributed by atoms with van der Waals surface area (Å²) in [6, 6.07) is 4.72. The van der Waals surface area contributed by atoms with Gasteiger partial charge in [0, 0.05) is 4.88 Å². The van der Waals surface area contributed by atoms with Gasteiger partial charge in [0.2, 0.25) is 5.91 Å². The number of thiazole rings is 1. The van der Waals surface area contributed by atoms with Crippen molar-refractivity contribution in [3.8, 4) is 5.75 Å². The Labute approximate surface area is 139 Å². The number of nitrogens with zero attached hydrogens (tertiary/aromatic N) is 1. The van der Waals surface area contributed by atoms with Crippen molar-refractivity contribution in [2.24, 2.45) is 0 Å². The molecule has 0 radical (unpaired) electrons. The van der Waals surface area contributed by atoms with E-state index in [0.29, 0.717) is 0 Å². The molecule has 2 rings (SSSR count). The van der Waals surface area contributed by atoms with Crippen LogP contribution in [0.25, 0.3) is 0 Å². The average Bonchev–Trinajstić information content (AvgIpc) is 2.80. The van der Waals surface area contributed by atoms with Crippen molar-refractivity contribution in [1.82, 2.24) is 10.3 Å². The number of phenolic OH excluding ortho intramolecular Hbond substituents is 1. The van der Waals surface area contributed by atoms with Crippen molar-refractivity contribution in [2.45, 2.75) is 39.7 Å². The van der Waals surface area contributed by atoms with Crippen LogP contribution in [0.3, 0.4) is 0 Å². The zero-order valence-electron chi connectivity index (χ0n) is 12.8. The van der Waals surface area contributed by atoms with Crippen LogP contribution >= 0.6 is 22.9 Å². The molecule has 0 fully saturated rings. The number of carbonyl (C=O) groups is 1. The molecule has 0 saturated carbocycles. The molecule has 0 aliphatic carbocycles. The molecule has 6 heteroatoms. The first-order valence-electron chi connectivity index (χ1n) is 7.11. The first-order valence-corrected chi connectivity index (χ1v) is 8.30. The Morgan fingerprint density at radius 2 is 2.18 bits per heavy atom. The molecule has 1 heterocycles. The van der Waals surface area contributed by atoms with Crippen LogP contribution in [-0.4, -0.2) is 16.0 Å². The summed E-state index contributed by atoms with van der Waals surface area (Å²) in [4.78, 5) is 17.9. The number of aromatic nitrogens is 1. The van der Waals surface area contributed by atoms with Crippen LogP contribution in [-0.2, 0) is 11.2 Å². The molecule has 1 unspecified atom stereocenters. The van der Waals surface area contributed by atoms with Crippen molar-refractivity contribution in [3.63, 3.8) is 0 Å². The third kappa shape index (κ3) is 3.99. The standard InChI is InChI=1S/C16H19ClN2O2S/c1-4-13(16-18-9(2)10(3)22-16)19-15(21)8-11-5-6-14(20)12(17)7-11/h5-7,13,20H,4,8H2,1-3H3,(H,19,21). The number of phenols is 1. The second-order valence-corrected chi connectivity index (χ2v) is 6.83. The van der Waals surface area contributed by atoms with Gasteiger partial charge in [-0.1, -0.05) is 24.6 Å². The number of aryl methyl sites for hydroxylation is 2. The van der Waals surface area contributed by atoms with Crippen molar-refractivity contribution >= 4 is 28.8 Å². The first kappa shape index (κ1) is 16.8. The summed E-state index contributed by atoms with van der Waals surface area (Å²) in [5.41, 5.74) is 1.78. The highest BCUT2D eigenvalue weighted by Crippen LogP contribution is 2.26. The molecule has 0 bridgehead atoms. The summed E-state index contributed by atoms with van der Waals surface area (Å²) in [5, 5.41) is 13.6. The maximum atomic E-state index is 12.2. The fourth-order valence-electron chi connectivity index (χ4n) is 2.08. The van der Waals surface area contributed by atoms with Crippen LogP contribution in [0.5, 0.6) is 5.75 Å². The molecule has 1 aromatic carbocycles. The summed E-state index contributed by atoms with van der Waals surface area (Å²) >= 11 is 7.48. The lowest BCUT2D eigenvalue weighted by molar-refractivity contribution is -0.121. The van der Waals surface area contributed by atoms with Gasteiger partial charge in [0.25, 0.3) is 0 Å². The number of benzene rings is 1. The second-order valence-electron chi connectivity index (χ2n) is 5.18. The number of hydrogen-bond acceptors (Lipinski definition) is 4. The van der Waals surface area contributed by atoms with Gasteiger partial charge in [0.1, 0.15) is 10.8 Å². The van der Waals surface area contributed by atoms with Gasteiger partial charge >= 0.3 is 0 Å². The van der Waals surface area contributed by atoms with Gasteiger partial charge in [0.05, 0.1) is 23.2 Å². The molecule has 2 N–H and O–H groups in total. The lowest BCUT2D eigenvalue weighted by Crippen LogP contribution is -2.29. The molecule has 0 saturated heterocycles. The number of amides is 1. The molecule has 1 atom stereocenters. The minimum absolute atomic E-state index is 0.0194. The Morgan fingerprint density at radius 3 is 2.73 bits per heavy atom. The molecular formula is C16H19ClN2O2S. The SMILES string of the molecule is CCC(NC(=O)Cc1ccc(O)c(Cl)c1)c1nc(C)c(C)s1. The van der Waals surface area contributed by atoms with Crippen LogP contribution < -0.4 is 5.32 Å². The van der Waals surface area contributed by atoms with E-state index in [1.807, 2.05) is 20.8 Å². The molecule has 2 aromatic rings. The van der Waals surface area contributed by atoms with Gasteiger partial charge in [0.15, 0.2) is 0 Å². The van der Waals surface area contributed by atoms with Gasteiger partial charge in [-0.05, 0) is 38.0 Å². The van der Waals surface area contributed by atoms with Crippen molar-refractivity contribution in [2.75, 3.05) is 0 Å². The topological polar surface area (TPSA) is 62.2 Å². The Bertz CT molecular complexity index is 665. The Morgan fingerprint density at radius 1 is 1.45 bits per heavy atom. The van der Waals surface area contributed by atoms with Crippen LogP contribution in [0, 0.1) is 13.8 Å². The van der Waals surface area contributed by atoms with Gasteiger partial charge < -0.3 is 10.4 Å². The Balaban J connectivity index is 2.04. The van der Waals surface area contributed by atoms with Crippen LogP contribution in [0.15, 0.2) is 18.2 Å². The number of hydrogen-bond donors (Lipinski definition) is 2. The normalized spacial score (nSPS) is 12.2. The molecular weight excluding hydrogens is 320 g/mol. The summed E-state index contributed by atoms with van der Waals surface area (Å²) in [6.07, 6.45) is 1.01. The molecule has 0 aliphatic heterocycles. The third-order valence-corrected chi connectivity index (χ3v) is 4.95. The van der Waals surface area contributed by atoms with Crippen molar-refractivity contribution in [1.29, 1.82) is 0 Å². The Kier molecular flexibility index (Phi) is 5.42. The monoisotopic (exact) mass is 338 g/mol. The van der Waals surface area contributed by atoms with E-state index in [2.05, 4.69) is 10.3 Å². The predicted octanol–water partition coefficient (Wildman–Crippen LogP) is 3.93. The van der Waals surface area contributed by atoms with E-state index in [4.69, 9.17) is 11.6 Å². The fraction of sp³-hybridized carbons (Fsp3) is 0.375. The quantitative estimate of drug-likeness (QED) is 0.868. The number of halogens is 1. The third-order valence-electron chi connectivity index (χ3n) is 3.46. The summed E-state index contributed by atoms with van der Waals surface area (Å²) in [5.74, 6) is -0.0647. The average molecular weight is 339 g/mol. The number of carbonyl (C=O) groups excluding carboxylic acids is 1. The maximum Gasteiger partial charge on any atom is 0.224 e. The maximum absolute atomic E-state index is 12.2. The summed E-state index contributed by atoms with van der Waals surface area (Å²) < 4.78 is 0. The number of rotatable bonds is 5. The van der Waals surface area contributed by atoms with E-state index in [0.717, 1.165) is 22.7 Å². The molecule has 1 aromatic heterocycles. The highest BCUT2D eigenvalue weighted by Gasteiger charge is 2.17. The molecule has 4 nitrogen and oxygen atoms in total. The van der Waals surface area contributed by atoms with E-state index < -0.39 is 0 Å². The molecule has 22 heavy (non-hydrogen) atoms. The van der Waals surface area contributed by atoms with Crippen LogP contribution in [0.4, 0.5) is 0 Å². The predicted molar refractivity (Wildman–Crippen MR) is 89.6 cm³/mol.